The molecule has 2 amide bonds. The average molecular weight is 399 g/mol. The third-order valence-corrected chi connectivity index (χ3v) is 5.00. The fraction of sp³-hybridized carbons (Fsp3) is 0.455. The van der Waals surface area contributed by atoms with Crippen molar-refractivity contribution in [2.45, 2.75) is 26.8 Å². The first-order chi connectivity index (χ1) is 14.1. The van der Waals surface area contributed by atoms with Gasteiger partial charge in [-0.3, -0.25) is 4.98 Å². The maximum absolute atomic E-state index is 12.7. The molecule has 3 rings (SSSR count). The predicted octanol–water partition coefficient (Wildman–Crippen LogP) is 3.22. The van der Waals surface area contributed by atoms with Crippen LogP contribution in [-0.4, -0.2) is 55.8 Å². The highest BCUT2D eigenvalue weighted by atomic mass is 16.5. The summed E-state index contributed by atoms with van der Waals surface area (Å²) in [4.78, 5) is 21.2. The normalized spacial score (nSPS) is 14.3. The Kier molecular flexibility index (Phi) is 7.16. The number of anilines is 1. The van der Waals surface area contributed by atoms with Crippen LogP contribution in [0.25, 0.3) is 0 Å². The molecule has 1 aliphatic heterocycles. The van der Waals surface area contributed by atoms with Gasteiger partial charge in [-0.05, 0) is 50.1 Å². The number of ether oxygens (including phenoxy) is 2. The van der Waals surface area contributed by atoms with Gasteiger partial charge in [-0.1, -0.05) is 6.07 Å². The van der Waals surface area contributed by atoms with E-state index in [1.54, 1.807) is 7.11 Å². The Bertz CT molecular complexity index is 827. The van der Waals surface area contributed by atoms with Crippen molar-refractivity contribution in [2.24, 2.45) is 0 Å². The minimum atomic E-state index is -0.0356. The third-order valence-electron chi connectivity index (χ3n) is 5.00. The molecular weight excluding hydrogens is 368 g/mol. The first-order valence-corrected chi connectivity index (χ1v) is 10.1. The molecule has 2 aromatic rings. The van der Waals surface area contributed by atoms with Crippen molar-refractivity contribution < 1.29 is 14.3 Å². The second-order valence-corrected chi connectivity index (χ2v) is 7.06. The predicted molar refractivity (Wildman–Crippen MR) is 114 cm³/mol. The van der Waals surface area contributed by atoms with Gasteiger partial charge in [-0.2, -0.15) is 0 Å². The van der Waals surface area contributed by atoms with Crippen LogP contribution in [0.5, 0.6) is 11.5 Å². The summed E-state index contributed by atoms with van der Waals surface area (Å²) >= 11 is 0. The molecule has 0 atom stereocenters. The number of hydrogen-bond acceptors (Lipinski definition) is 5. The van der Waals surface area contributed by atoms with Crippen molar-refractivity contribution in [1.29, 1.82) is 0 Å². The summed E-state index contributed by atoms with van der Waals surface area (Å²) < 4.78 is 10.9. The van der Waals surface area contributed by atoms with Crippen molar-refractivity contribution in [3.63, 3.8) is 0 Å². The summed E-state index contributed by atoms with van der Waals surface area (Å²) in [5.74, 6) is 1.39. The molecule has 0 bridgehead atoms. The first-order valence-electron chi connectivity index (χ1n) is 10.1. The molecule has 1 aliphatic rings. The van der Waals surface area contributed by atoms with Gasteiger partial charge in [0.05, 0.1) is 13.7 Å². The van der Waals surface area contributed by atoms with Gasteiger partial charge >= 0.3 is 6.03 Å². The number of nitrogens with zero attached hydrogens (tertiary/aromatic N) is 3. The van der Waals surface area contributed by atoms with Crippen molar-refractivity contribution >= 4 is 11.7 Å². The highest BCUT2D eigenvalue weighted by molar-refractivity contribution is 5.74. The lowest BCUT2D eigenvalue weighted by Crippen LogP contribution is -2.41. The highest BCUT2D eigenvalue weighted by Gasteiger charge is 2.19. The van der Waals surface area contributed by atoms with Crippen molar-refractivity contribution in [3.8, 4) is 11.5 Å². The molecule has 1 N–H and O–H groups in total. The molecule has 1 aromatic heterocycles. The van der Waals surface area contributed by atoms with E-state index in [0.717, 1.165) is 37.3 Å². The zero-order chi connectivity index (χ0) is 20.6. The molecule has 156 valence electrons. The number of amides is 2. The maximum Gasteiger partial charge on any atom is 0.317 e. The molecule has 1 aromatic carbocycles. The molecule has 0 saturated carbocycles. The Hall–Kier alpha value is -2.96. The SMILES string of the molecule is CCOc1cc(CNC(=O)N2CCCN(c3ccnc(C)c3)CC2)ccc1OC. The van der Waals surface area contributed by atoms with Crippen LogP contribution >= 0.6 is 0 Å². The smallest absolute Gasteiger partial charge is 0.317 e. The largest absolute Gasteiger partial charge is 0.493 e. The van der Waals surface area contributed by atoms with Crippen molar-refractivity contribution in [1.82, 2.24) is 15.2 Å². The van der Waals surface area contributed by atoms with Crippen LogP contribution in [0.15, 0.2) is 36.5 Å². The Morgan fingerprint density at radius 3 is 2.76 bits per heavy atom. The molecule has 7 nitrogen and oxygen atoms in total. The zero-order valence-electron chi connectivity index (χ0n) is 17.5. The second kappa shape index (κ2) is 10.0. The summed E-state index contributed by atoms with van der Waals surface area (Å²) in [6.07, 6.45) is 2.78. The lowest BCUT2D eigenvalue weighted by molar-refractivity contribution is 0.201. The molecule has 2 heterocycles. The molecule has 0 spiro atoms. The van der Waals surface area contributed by atoms with Gasteiger partial charge in [0.25, 0.3) is 0 Å². The highest BCUT2D eigenvalue weighted by Crippen LogP contribution is 2.28. The molecular formula is C22H30N4O3. The minimum Gasteiger partial charge on any atom is -0.493 e. The fourth-order valence-electron chi connectivity index (χ4n) is 3.49. The van der Waals surface area contributed by atoms with Crippen LogP contribution in [0.1, 0.15) is 24.6 Å². The second-order valence-electron chi connectivity index (χ2n) is 7.06. The summed E-state index contributed by atoms with van der Waals surface area (Å²) in [6, 6.07) is 9.81. The molecule has 0 radical (unpaired) electrons. The summed E-state index contributed by atoms with van der Waals surface area (Å²) in [7, 11) is 1.62. The van der Waals surface area contributed by atoms with E-state index in [-0.39, 0.29) is 6.03 Å². The van der Waals surface area contributed by atoms with E-state index in [1.165, 1.54) is 5.69 Å². The standard InChI is InChI=1S/C22H30N4O3/c1-4-29-21-15-18(6-7-20(21)28-3)16-24-22(27)26-11-5-10-25(12-13-26)19-8-9-23-17(2)14-19/h6-9,14-15H,4-5,10-13,16H2,1-3H3,(H,24,27). The van der Waals surface area contributed by atoms with E-state index in [9.17, 15) is 4.79 Å². The maximum atomic E-state index is 12.7. The van der Waals surface area contributed by atoms with Gasteiger partial charge < -0.3 is 24.6 Å². The molecule has 1 fully saturated rings. The third kappa shape index (κ3) is 5.53. The lowest BCUT2D eigenvalue weighted by atomic mass is 10.2. The Balaban J connectivity index is 1.55. The number of hydrogen-bond donors (Lipinski definition) is 1. The summed E-state index contributed by atoms with van der Waals surface area (Å²) in [5.41, 5.74) is 3.15. The Morgan fingerprint density at radius 2 is 2.00 bits per heavy atom. The van der Waals surface area contributed by atoms with Crippen molar-refractivity contribution in [2.75, 3.05) is 44.8 Å². The number of carbonyl (C=O) groups is 1. The number of pyridine rings is 1. The van der Waals surface area contributed by atoms with E-state index in [0.29, 0.717) is 31.2 Å². The molecule has 29 heavy (non-hydrogen) atoms. The van der Waals surface area contributed by atoms with Gasteiger partial charge in [0.15, 0.2) is 11.5 Å². The van der Waals surface area contributed by atoms with E-state index < -0.39 is 0 Å². The first kappa shape index (κ1) is 20.8. The van der Waals surface area contributed by atoms with E-state index in [2.05, 4.69) is 21.3 Å². The minimum absolute atomic E-state index is 0.0356. The number of methoxy groups -OCH3 is 1. The summed E-state index contributed by atoms with van der Waals surface area (Å²) in [6.45, 7) is 8.14. The average Bonchev–Trinajstić information content (AvgIpc) is 2.99. The van der Waals surface area contributed by atoms with Gasteiger partial charge in [0.1, 0.15) is 0 Å². The van der Waals surface area contributed by atoms with Gasteiger partial charge in [-0.25, -0.2) is 4.79 Å². The van der Waals surface area contributed by atoms with E-state index >= 15 is 0 Å². The number of benzene rings is 1. The number of urea groups is 1. The van der Waals surface area contributed by atoms with Crippen LogP contribution in [0, 0.1) is 6.92 Å². The van der Waals surface area contributed by atoms with E-state index in [4.69, 9.17) is 9.47 Å². The Morgan fingerprint density at radius 1 is 1.14 bits per heavy atom. The van der Waals surface area contributed by atoms with Gasteiger partial charge in [-0.15, -0.1) is 0 Å². The Labute approximate surface area is 172 Å². The van der Waals surface area contributed by atoms with Crippen LogP contribution in [0.3, 0.4) is 0 Å². The van der Waals surface area contributed by atoms with Crippen molar-refractivity contribution in [3.05, 3.63) is 47.8 Å². The number of rotatable bonds is 6. The number of aromatic nitrogens is 1. The molecule has 0 unspecified atom stereocenters. The number of aryl methyl sites for hydroxylation is 1. The number of nitrogens with one attached hydrogen (secondary N) is 1. The van der Waals surface area contributed by atoms with Crippen LogP contribution in [-0.2, 0) is 6.54 Å². The topological polar surface area (TPSA) is 66.9 Å². The monoisotopic (exact) mass is 398 g/mol. The van der Waals surface area contributed by atoms with Crippen LogP contribution in [0.4, 0.5) is 10.5 Å². The lowest BCUT2D eigenvalue weighted by Gasteiger charge is -2.24. The molecule has 1 saturated heterocycles. The van der Waals surface area contributed by atoms with Gasteiger partial charge in [0.2, 0.25) is 0 Å². The van der Waals surface area contributed by atoms with E-state index in [1.807, 2.05) is 49.2 Å². The molecule has 7 heteroatoms. The molecule has 0 aliphatic carbocycles. The van der Waals surface area contributed by atoms with Crippen LogP contribution < -0.4 is 19.7 Å². The van der Waals surface area contributed by atoms with Gasteiger partial charge in [0, 0.05) is 50.3 Å². The quantitative estimate of drug-likeness (QED) is 0.809. The summed E-state index contributed by atoms with van der Waals surface area (Å²) in [5, 5.41) is 3.03. The fourth-order valence-corrected chi connectivity index (χ4v) is 3.49. The zero-order valence-corrected chi connectivity index (χ0v) is 17.5. The number of carbonyl (C=O) groups excluding carboxylic acids is 1. The van der Waals surface area contributed by atoms with Crippen LogP contribution in [0.2, 0.25) is 0 Å².